The quantitative estimate of drug-likeness (QED) is 0.498. The molecule has 0 atom stereocenters. The summed E-state index contributed by atoms with van der Waals surface area (Å²) < 4.78 is 37.8. The van der Waals surface area contributed by atoms with Crippen molar-refractivity contribution in [2.45, 2.75) is 49.7 Å². The van der Waals surface area contributed by atoms with Crippen LogP contribution in [-0.2, 0) is 22.2 Å². The van der Waals surface area contributed by atoms with E-state index < -0.39 is 17.7 Å². The molecule has 3 rings (SSSR count). The van der Waals surface area contributed by atoms with Crippen LogP contribution in [0.4, 0.5) is 13.2 Å². The normalized spacial score (nSPS) is 19.9. The van der Waals surface area contributed by atoms with E-state index in [1.165, 1.54) is 23.9 Å². The topological polar surface area (TPSA) is 67.3 Å². The molecular weight excluding hydrogens is 415 g/mol. The van der Waals surface area contributed by atoms with Crippen molar-refractivity contribution in [1.82, 2.24) is 4.98 Å². The lowest BCUT2D eigenvalue weighted by atomic mass is 9.74. The molecule has 0 unspecified atom stereocenters. The van der Waals surface area contributed by atoms with E-state index >= 15 is 0 Å². The number of halogens is 3. The van der Waals surface area contributed by atoms with Gasteiger partial charge < -0.3 is 5.11 Å². The summed E-state index contributed by atoms with van der Waals surface area (Å²) >= 11 is 1.31. The largest absolute Gasteiger partial charge is 0.508 e. The maximum absolute atomic E-state index is 12.7. The molecule has 0 aliphatic heterocycles. The predicted octanol–water partition coefficient (Wildman–Crippen LogP) is 5.18. The molecule has 8 heteroatoms. The Bertz CT molecular complexity index is 910. The van der Waals surface area contributed by atoms with Crippen LogP contribution in [0.25, 0.3) is 0 Å². The van der Waals surface area contributed by atoms with Gasteiger partial charge in [0.05, 0.1) is 10.6 Å². The number of phenols is 1. The molecular formula is C22H22F3NO3S. The number of aryl methyl sites for hydroxylation is 1. The molecule has 0 spiro atoms. The van der Waals surface area contributed by atoms with Gasteiger partial charge in [-0.25, -0.2) is 4.98 Å². The van der Waals surface area contributed by atoms with Gasteiger partial charge in [-0.3, -0.25) is 9.59 Å². The first-order chi connectivity index (χ1) is 14.2. The molecule has 1 aliphatic rings. The third-order valence-electron chi connectivity index (χ3n) is 5.28. The summed E-state index contributed by atoms with van der Waals surface area (Å²) in [6.45, 7) is 1.91. The van der Waals surface area contributed by atoms with Crippen molar-refractivity contribution in [3.63, 3.8) is 0 Å². The highest BCUT2D eigenvalue weighted by Crippen LogP contribution is 2.36. The van der Waals surface area contributed by atoms with Crippen LogP contribution < -0.4 is 0 Å². The highest BCUT2D eigenvalue weighted by atomic mass is 32.2. The molecule has 0 radical (unpaired) electrons. The molecule has 1 fully saturated rings. The number of phenolic OH excluding ortho intramolecular Hbond substituents is 1. The molecule has 0 bridgehead atoms. The number of hydrogen-bond donors (Lipinski definition) is 1. The van der Waals surface area contributed by atoms with Gasteiger partial charge in [0, 0.05) is 19.0 Å². The molecule has 0 saturated heterocycles. The third-order valence-corrected chi connectivity index (χ3v) is 6.26. The molecule has 1 N–H and O–H groups in total. The molecule has 1 aromatic heterocycles. The number of rotatable bonds is 6. The van der Waals surface area contributed by atoms with Gasteiger partial charge in [0.1, 0.15) is 23.2 Å². The van der Waals surface area contributed by atoms with Gasteiger partial charge in [0.15, 0.2) is 0 Å². The number of aromatic hydroxyl groups is 1. The number of hydrogen-bond acceptors (Lipinski definition) is 5. The first kappa shape index (κ1) is 22.3. The van der Waals surface area contributed by atoms with Crippen LogP contribution in [0.5, 0.6) is 5.75 Å². The van der Waals surface area contributed by atoms with E-state index in [1.54, 1.807) is 12.1 Å². The Morgan fingerprint density at radius 3 is 2.40 bits per heavy atom. The summed E-state index contributed by atoms with van der Waals surface area (Å²) in [5.41, 5.74) is 0.679. The smallest absolute Gasteiger partial charge is 0.417 e. The first-order valence-electron chi connectivity index (χ1n) is 9.72. The average Bonchev–Trinajstić information content (AvgIpc) is 2.68. The predicted molar refractivity (Wildman–Crippen MR) is 108 cm³/mol. The molecule has 1 aromatic carbocycles. The lowest BCUT2D eigenvalue weighted by Crippen LogP contribution is -2.32. The van der Waals surface area contributed by atoms with Crippen molar-refractivity contribution in [2.75, 3.05) is 5.75 Å². The van der Waals surface area contributed by atoms with Gasteiger partial charge in [-0.05, 0) is 59.9 Å². The zero-order valence-electron chi connectivity index (χ0n) is 16.4. The van der Waals surface area contributed by atoms with Crippen molar-refractivity contribution in [3.8, 4) is 5.75 Å². The van der Waals surface area contributed by atoms with Crippen molar-refractivity contribution in [2.24, 2.45) is 5.92 Å². The molecule has 1 heterocycles. The maximum atomic E-state index is 12.7. The second-order valence-electron chi connectivity index (χ2n) is 7.40. The Morgan fingerprint density at radius 2 is 1.83 bits per heavy atom. The van der Waals surface area contributed by atoms with Crippen LogP contribution in [0, 0.1) is 5.92 Å². The summed E-state index contributed by atoms with van der Waals surface area (Å²) in [6.07, 6.45) is -1.80. The number of aromatic nitrogens is 1. The van der Waals surface area contributed by atoms with Crippen LogP contribution in [0.15, 0.2) is 41.6 Å². The van der Waals surface area contributed by atoms with Gasteiger partial charge in [0.2, 0.25) is 0 Å². The van der Waals surface area contributed by atoms with Crippen LogP contribution in [0.3, 0.4) is 0 Å². The standard InChI is InChI=1S/C22H22F3NO3S/c1-2-14-11-16(27)4-5-17(14)21-18(28)9-13(10-19(21)29)7-8-30-20-6-3-15(12-26-20)22(23,24)25/h3-6,11-13,21,27H,2,7-10H2,1H3. The highest BCUT2D eigenvalue weighted by Gasteiger charge is 2.37. The summed E-state index contributed by atoms with van der Waals surface area (Å²) in [4.78, 5) is 29.3. The van der Waals surface area contributed by atoms with E-state index in [0.29, 0.717) is 42.0 Å². The van der Waals surface area contributed by atoms with E-state index in [4.69, 9.17) is 0 Å². The number of alkyl halides is 3. The zero-order chi connectivity index (χ0) is 21.9. The number of carbonyl (C=O) groups excluding carboxylic acids is 2. The minimum Gasteiger partial charge on any atom is -0.508 e. The fourth-order valence-corrected chi connectivity index (χ4v) is 4.70. The minimum absolute atomic E-state index is 0.0783. The highest BCUT2D eigenvalue weighted by molar-refractivity contribution is 7.99. The molecule has 0 amide bonds. The number of pyridine rings is 1. The van der Waals surface area contributed by atoms with Gasteiger partial charge in [0.25, 0.3) is 0 Å². The van der Waals surface area contributed by atoms with Crippen molar-refractivity contribution in [1.29, 1.82) is 0 Å². The van der Waals surface area contributed by atoms with E-state index in [2.05, 4.69) is 4.98 Å². The lowest BCUT2D eigenvalue weighted by molar-refractivity contribution is -0.138. The van der Waals surface area contributed by atoms with Crippen LogP contribution >= 0.6 is 11.8 Å². The zero-order valence-corrected chi connectivity index (χ0v) is 17.2. The third kappa shape index (κ3) is 5.22. The second kappa shape index (κ2) is 9.20. The van der Waals surface area contributed by atoms with Crippen LogP contribution in [0.1, 0.15) is 48.8 Å². The summed E-state index contributed by atoms with van der Waals surface area (Å²) in [6, 6.07) is 7.07. The van der Waals surface area contributed by atoms with E-state index in [-0.39, 0.29) is 23.2 Å². The van der Waals surface area contributed by atoms with Crippen molar-refractivity contribution in [3.05, 3.63) is 53.2 Å². The molecule has 1 aliphatic carbocycles. The summed E-state index contributed by atoms with van der Waals surface area (Å²) in [7, 11) is 0. The molecule has 2 aromatic rings. The number of nitrogens with zero attached hydrogens (tertiary/aromatic N) is 1. The Kier molecular flexibility index (Phi) is 6.85. The van der Waals surface area contributed by atoms with E-state index in [1.807, 2.05) is 6.92 Å². The monoisotopic (exact) mass is 437 g/mol. The van der Waals surface area contributed by atoms with Gasteiger partial charge in [-0.15, -0.1) is 11.8 Å². The van der Waals surface area contributed by atoms with Gasteiger partial charge >= 0.3 is 6.18 Å². The van der Waals surface area contributed by atoms with Crippen LogP contribution in [-0.4, -0.2) is 27.4 Å². The molecule has 30 heavy (non-hydrogen) atoms. The Labute approximate surface area is 176 Å². The lowest BCUT2D eigenvalue weighted by Gasteiger charge is -2.27. The molecule has 1 saturated carbocycles. The number of benzene rings is 1. The first-order valence-corrected chi connectivity index (χ1v) is 10.7. The average molecular weight is 437 g/mol. The molecule has 160 valence electrons. The molecule has 4 nitrogen and oxygen atoms in total. The fourth-order valence-electron chi connectivity index (χ4n) is 3.75. The SMILES string of the molecule is CCc1cc(O)ccc1C1C(=O)CC(CCSc2ccc(C(F)(F)F)cn2)CC1=O. The number of ketones is 2. The number of Topliss-reactive ketones (excluding diaryl/α,β-unsaturated/α-hetero) is 2. The number of thioether (sulfide) groups is 1. The van der Waals surface area contributed by atoms with E-state index in [9.17, 15) is 27.9 Å². The fraction of sp³-hybridized carbons (Fsp3) is 0.409. The van der Waals surface area contributed by atoms with Crippen LogP contribution in [0.2, 0.25) is 0 Å². The Hall–Kier alpha value is -2.35. The Morgan fingerprint density at radius 1 is 1.13 bits per heavy atom. The van der Waals surface area contributed by atoms with Crippen molar-refractivity contribution >= 4 is 23.3 Å². The maximum Gasteiger partial charge on any atom is 0.417 e. The summed E-state index contributed by atoms with van der Waals surface area (Å²) in [5.74, 6) is -0.415. The summed E-state index contributed by atoms with van der Waals surface area (Å²) in [5, 5.41) is 10.1. The van der Waals surface area contributed by atoms with Gasteiger partial charge in [-0.1, -0.05) is 13.0 Å². The number of carbonyl (C=O) groups is 2. The van der Waals surface area contributed by atoms with E-state index in [0.717, 1.165) is 17.8 Å². The Balaban J connectivity index is 1.57. The van der Waals surface area contributed by atoms with Gasteiger partial charge in [-0.2, -0.15) is 13.2 Å². The minimum atomic E-state index is -4.41. The second-order valence-corrected chi connectivity index (χ2v) is 8.51. The van der Waals surface area contributed by atoms with Crippen molar-refractivity contribution < 1.29 is 27.9 Å².